The molecule has 1 aromatic carbocycles. The summed E-state index contributed by atoms with van der Waals surface area (Å²) in [7, 11) is 1.42. The van der Waals surface area contributed by atoms with Crippen molar-refractivity contribution >= 4 is 23.3 Å². The molecule has 0 bridgehead atoms. The van der Waals surface area contributed by atoms with Crippen molar-refractivity contribution in [3.05, 3.63) is 81.4 Å². The van der Waals surface area contributed by atoms with Gasteiger partial charge in [-0.15, -0.1) is 11.3 Å². The molecule has 1 atom stereocenters. The summed E-state index contributed by atoms with van der Waals surface area (Å²) in [5.74, 6) is 0.410. The Hall–Kier alpha value is -2.86. The number of methoxy groups -OCH3 is 1. The molecule has 6 heteroatoms. The SMILES string of the molecule is COC(=O)C1=C(C)Nc2nccn2C1c1ccsc1Cc1ccccc1. The van der Waals surface area contributed by atoms with Crippen LogP contribution in [-0.2, 0) is 16.0 Å². The number of rotatable bonds is 4. The Labute approximate surface area is 156 Å². The first kappa shape index (κ1) is 16.6. The van der Waals surface area contributed by atoms with Gasteiger partial charge in [-0.3, -0.25) is 0 Å². The van der Waals surface area contributed by atoms with Crippen LogP contribution in [0.1, 0.15) is 29.0 Å². The van der Waals surface area contributed by atoms with Crippen molar-refractivity contribution in [1.82, 2.24) is 9.55 Å². The van der Waals surface area contributed by atoms with Crippen molar-refractivity contribution in [3.8, 4) is 0 Å². The molecule has 5 nitrogen and oxygen atoms in total. The lowest BCUT2D eigenvalue weighted by molar-refractivity contribution is -0.136. The molecule has 3 heterocycles. The van der Waals surface area contributed by atoms with Crippen LogP contribution < -0.4 is 5.32 Å². The number of nitrogens with zero attached hydrogens (tertiary/aromatic N) is 2. The average Bonchev–Trinajstić information content (AvgIpc) is 3.30. The van der Waals surface area contributed by atoms with Crippen molar-refractivity contribution < 1.29 is 9.53 Å². The van der Waals surface area contributed by atoms with Crippen LogP contribution in [0.4, 0.5) is 5.95 Å². The molecule has 0 amide bonds. The number of carbonyl (C=O) groups is 1. The Morgan fingerprint density at radius 3 is 2.88 bits per heavy atom. The smallest absolute Gasteiger partial charge is 0.337 e. The molecule has 1 aliphatic heterocycles. The molecule has 1 aliphatic rings. The summed E-state index contributed by atoms with van der Waals surface area (Å²) in [5, 5.41) is 5.28. The van der Waals surface area contributed by atoms with Crippen molar-refractivity contribution in [3.63, 3.8) is 0 Å². The Morgan fingerprint density at radius 1 is 1.31 bits per heavy atom. The number of anilines is 1. The maximum absolute atomic E-state index is 12.5. The highest BCUT2D eigenvalue weighted by atomic mass is 32.1. The number of esters is 1. The summed E-state index contributed by atoms with van der Waals surface area (Å²) in [6.45, 7) is 1.89. The fraction of sp³-hybridized carbons (Fsp3) is 0.200. The molecule has 3 aromatic rings. The average molecular weight is 365 g/mol. The van der Waals surface area contributed by atoms with Crippen LogP contribution in [0.25, 0.3) is 0 Å². The van der Waals surface area contributed by atoms with Crippen molar-refractivity contribution in [1.29, 1.82) is 0 Å². The Kier molecular flexibility index (Phi) is 4.34. The minimum Gasteiger partial charge on any atom is -0.466 e. The monoisotopic (exact) mass is 365 g/mol. The van der Waals surface area contributed by atoms with E-state index >= 15 is 0 Å². The second-order valence-corrected chi connectivity index (χ2v) is 7.18. The lowest BCUT2D eigenvalue weighted by Crippen LogP contribution is -2.28. The van der Waals surface area contributed by atoms with Gasteiger partial charge in [0.05, 0.1) is 18.7 Å². The quantitative estimate of drug-likeness (QED) is 0.710. The fourth-order valence-electron chi connectivity index (χ4n) is 3.40. The van der Waals surface area contributed by atoms with Crippen LogP contribution in [0.5, 0.6) is 0 Å². The number of nitrogens with one attached hydrogen (secondary N) is 1. The van der Waals surface area contributed by atoms with E-state index in [1.807, 2.05) is 35.9 Å². The molecule has 0 saturated carbocycles. The number of hydrogen-bond acceptors (Lipinski definition) is 5. The zero-order valence-electron chi connectivity index (χ0n) is 14.6. The normalized spacial score (nSPS) is 16.2. The molecule has 0 fully saturated rings. The van der Waals surface area contributed by atoms with Crippen molar-refractivity contribution in [2.45, 2.75) is 19.4 Å². The van der Waals surface area contributed by atoms with Gasteiger partial charge in [0.15, 0.2) is 0 Å². The molecule has 1 N–H and O–H groups in total. The summed E-state index contributed by atoms with van der Waals surface area (Å²) in [6, 6.07) is 12.2. The van der Waals surface area contributed by atoms with Crippen LogP contribution in [0.2, 0.25) is 0 Å². The van der Waals surface area contributed by atoms with E-state index in [0.29, 0.717) is 5.57 Å². The predicted molar refractivity (Wildman–Crippen MR) is 102 cm³/mol. The number of aromatic nitrogens is 2. The zero-order chi connectivity index (χ0) is 18.1. The highest BCUT2D eigenvalue weighted by Crippen LogP contribution is 2.39. The summed E-state index contributed by atoms with van der Waals surface area (Å²) >= 11 is 1.71. The van der Waals surface area contributed by atoms with Crippen molar-refractivity contribution in [2.24, 2.45) is 0 Å². The molecule has 0 spiro atoms. The number of fused-ring (bicyclic) bond motifs is 1. The van der Waals surface area contributed by atoms with Crippen LogP contribution in [0.15, 0.2) is 65.4 Å². The van der Waals surface area contributed by atoms with Crippen LogP contribution >= 0.6 is 11.3 Å². The Bertz CT molecular complexity index is 972. The topological polar surface area (TPSA) is 56.1 Å². The molecule has 0 aliphatic carbocycles. The zero-order valence-corrected chi connectivity index (χ0v) is 15.4. The van der Waals surface area contributed by atoms with Gasteiger partial charge in [-0.05, 0) is 29.5 Å². The number of carbonyl (C=O) groups excluding carboxylic acids is 1. The molecule has 0 saturated heterocycles. The first-order valence-electron chi connectivity index (χ1n) is 8.38. The van der Waals surface area contributed by atoms with Crippen molar-refractivity contribution in [2.75, 3.05) is 12.4 Å². The lowest BCUT2D eigenvalue weighted by Gasteiger charge is -2.29. The van der Waals surface area contributed by atoms with Gasteiger partial charge in [-0.25, -0.2) is 9.78 Å². The third-order valence-electron chi connectivity index (χ3n) is 4.61. The fourth-order valence-corrected chi connectivity index (χ4v) is 4.34. The van der Waals surface area contributed by atoms with E-state index in [1.54, 1.807) is 17.5 Å². The molecule has 26 heavy (non-hydrogen) atoms. The highest BCUT2D eigenvalue weighted by molar-refractivity contribution is 7.10. The lowest BCUT2D eigenvalue weighted by atomic mass is 9.94. The molecule has 2 aromatic heterocycles. The first-order valence-corrected chi connectivity index (χ1v) is 9.26. The third-order valence-corrected chi connectivity index (χ3v) is 5.55. The van der Waals surface area contributed by atoms with Crippen LogP contribution in [0, 0.1) is 0 Å². The summed E-state index contributed by atoms with van der Waals surface area (Å²) < 4.78 is 7.07. The number of ether oxygens (including phenoxy) is 1. The Morgan fingerprint density at radius 2 is 2.12 bits per heavy atom. The van der Waals surface area contributed by atoms with E-state index in [4.69, 9.17) is 4.74 Å². The minimum absolute atomic E-state index is 0.244. The molecular formula is C20H19N3O2S. The first-order chi connectivity index (χ1) is 12.7. The van der Waals surface area contributed by atoms with Crippen LogP contribution in [-0.4, -0.2) is 22.6 Å². The number of thiophene rings is 1. The number of imidazole rings is 1. The van der Waals surface area contributed by atoms with Gasteiger partial charge in [-0.2, -0.15) is 0 Å². The number of allylic oxidation sites excluding steroid dienone is 1. The molecule has 132 valence electrons. The second kappa shape index (κ2) is 6.80. The summed E-state index contributed by atoms with van der Waals surface area (Å²) in [6.07, 6.45) is 4.47. The van der Waals surface area contributed by atoms with E-state index in [0.717, 1.165) is 23.6 Å². The van der Waals surface area contributed by atoms with E-state index in [1.165, 1.54) is 17.6 Å². The van der Waals surface area contributed by atoms with Gasteiger partial charge < -0.3 is 14.6 Å². The summed E-state index contributed by atoms with van der Waals surface area (Å²) in [4.78, 5) is 18.1. The summed E-state index contributed by atoms with van der Waals surface area (Å²) in [5.41, 5.74) is 3.75. The van der Waals surface area contributed by atoms with E-state index in [9.17, 15) is 4.79 Å². The van der Waals surface area contributed by atoms with Gasteiger partial charge >= 0.3 is 5.97 Å². The van der Waals surface area contributed by atoms with Gasteiger partial charge in [0.2, 0.25) is 5.95 Å². The molecular weight excluding hydrogens is 346 g/mol. The maximum atomic E-state index is 12.5. The van der Waals surface area contributed by atoms with Gasteiger partial charge in [-0.1, -0.05) is 30.3 Å². The highest BCUT2D eigenvalue weighted by Gasteiger charge is 2.34. The van der Waals surface area contributed by atoms with E-state index in [2.05, 4.69) is 33.9 Å². The predicted octanol–water partition coefficient (Wildman–Crippen LogP) is 4.00. The minimum atomic E-state index is -0.323. The largest absolute Gasteiger partial charge is 0.466 e. The van der Waals surface area contributed by atoms with E-state index in [-0.39, 0.29) is 12.0 Å². The van der Waals surface area contributed by atoms with E-state index < -0.39 is 0 Å². The molecule has 0 radical (unpaired) electrons. The number of hydrogen-bond donors (Lipinski definition) is 1. The van der Waals surface area contributed by atoms with Gasteiger partial charge in [0.1, 0.15) is 0 Å². The standard InChI is InChI=1S/C20H19N3O2S/c1-13-17(19(24)25-2)18(23-10-9-21-20(23)22-13)15-8-11-26-16(15)12-14-6-4-3-5-7-14/h3-11,18H,12H2,1-2H3,(H,21,22). The van der Waals surface area contributed by atoms with Gasteiger partial charge in [0, 0.05) is 29.4 Å². The van der Waals surface area contributed by atoms with Gasteiger partial charge in [0.25, 0.3) is 0 Å². The van der Waals surface area contributed by atoms with Crippen LogP contribution in [0.3, 0.4) is 0 Å². The molecule has 4 rings (SSSR count). The second-order valence-electron chi connectivity index (χ2n) is 6.18. The Balaban J connectivity index is 1.81. The number of benzene rings is 1. The third kappa shape index (κ3) is 2.82. The maximum Gasteiger partial charge on any atom is 0.337 e. The molecule has 1 unspecified atom stereocenters.